The maximum atomic E-state index is 13.6. The molecule has 0 fully saturated rings. The SMILES string of the molecule is CCOC(=O)C1=C(C)N=c2sc(=Cc3ccccc3Cl)c(=O)n2[C@@H]1c1ccc2c(c1)OCO2. The smallest absolute Gasteiger partial charge is 0.338 e. The van der Waals surface area contributed by atoms with Crippen LogP contribution in [0.4, 0.5) is 0 Å². The molecule has 0 saturated heterocycles. The number of esters is 1. The third-order valence-electron chi connectivity index (χ3n) is 5.42. The first-order valence-electron chi connectivity index (χ1n) is 10.3. The van der Waals surface area contributed by atoms with Gasteiger partial charge in [0, 0.05) is 5.02 Å². The minimum atomic E-state index is -0.719. The van der Waals surface area contributed by atoms with Gasteiger partial charge >= 0.3 is 5.97 Å². The highest BCUT2D eigenvalue weighted by Gasteiger charge is 2.34. The van der Waals surface area contributed by atoms with E-state index in [9.17, 15) is 9.59 Å². The number of carbonyl (C=O) groups excluding carboxylic acids is 1. The van der Waals surface area contributed by atoms with Crippen molar-refractivity contribution < 1.29 is 19.0 Å². The van der Waals surface area contributed by atoms with Gasteiger partial charge in [0.05, 0.1) is 28.5 Å². The largest absolute Gasteiger partial charge is 0.463 e. The van der Waals surface area contributed by atoms with Crippen LogP contribution in [0.5, 0.6) is 11.5 Å². The predicted molar refractivity (Wildman–Crippen MR) is 124 cm³/mol. The lowest BCUT2D eigenvalue weighted by atomic mass is 9.95. The number of hydrogen-bond acceptors (Lipinski definition) is 7. The number of nitrogens with zero attached hydrogens (tertiary/aromatic N) is 2. The van der Waals surface area contributed by atoms with Crippen molar-refractivity contribution in [1.29, 1.82) is 0 Å². The first-order valence-corrected chi connectivity index (χ1v) is 11.5. The lowest BCUT2D eigenvalue weighted by Crippen LogP contribution is -2.39. The predicted octanol–water partition coefficient (Wildman–Crippen LogP) is 3.18. The van der Waals surface area contributed by atoms with Gasteiger partial charge in [-0.25, -0.2) is 9.79 Å². The molecule has 3 heterocycles. The van der Waals surface area contributed by atoms with Crippen LogP contribution >= 0.6 is 22.9 Å². The maximum Gasteiger partial charge on any atom is 0.338 e. The van der Waals surface area contributed by atoms with Gasteiger partial charge in [-0.05, 0) is 49.2 Å². The molecule has 0 unspecified atom stereocenters. The number of rotatable bonds is 4. The monoisotopic (exact) mass is 482 g/mol. The molecule has 33 heavy (non-hydrogen) atoms. The molecule has 1 atom stereocenters. The Hall–Kier alpha value is -3.36. The topological polar surface area (TPSA) is 79.1 Å². The van der Waals surface area contributed by atoms with E-state index in [2.05, 4.69) is 4.99 Å². The zero-order valence-electron chi connectivity index (χ0n) is 17.8. The van der Waals surface area contributed by atoms with Crippen LogP contribution in [0, 0.1) is 0 Å². The number of halogens is 1. The van der Waals surface area contributed by atoms with E-state index in [1.807, 2.05) is 24.3 Å². The van der Waals surface area contributed by atoms with Crippen LogP contribution in [0.3, 0.4) is 0 Å². The van der Waals surface area contributed by atoms with Crippen molar-refractivity contribution >= 4 is 35.0 Å². The van der Waals surface area contributed by atoms with Crippen molar-refractivity contribution in [3.8, 4) is 11.5 Å². The van der Waals surface area contributed by atoms with Crippen LogP contribution in [0.25, 0.3) is 6.08 Å². The summed E-state index contributed by atoms with van der Waals surface area (Å²) in [6.45, 7) is 3.82. The van der Waals surface area contributed by atoms with E-state index in [1.165, 1.54) is 15.9 Å². The van der Waals surface area contributed by atoms with Gasteiger partial charge in [0.1, 0.15) is 0 Å². The normalized spacial score (nSPS) is 17.1. The molecule has 7 nitrogen and oxygen atoms in total. The molecule has 0 aliphatic carbocycles. The molecule has 3 aromatic rings. The lowest BCUT2D eigenvalue weighted by Gasteiger charge is -2.24. The fourth-order valence-electron chi connectivity index (χ4n) is 3.92. The van der Waals surface area contributed by atoms with Crippen LogP contribution in [0.2, 0.25) is 5.02 Å². The van der Waals surface area contributed by atoms with Crippen LogP contribution < -0.4 is 24.4 Å². The summed E-state index contributed by atoms with van der Waals surface area (Å²) >= 11 is 7.55. The summed E-state index contributed by atoms with van der Waals surface area (Å²) in [6, 6.07) is 12.0. The van der Waals surface area contributed by atoms with Crippen molar-refractivity contribution in [2.24, 2.45) is 4.99 Å². The fraction of sp³-hybridized carbons (Fsp3) is 0.208. The Morgan fingerprint density at radius 3 is 2.85 bits per heavy atom. The van der Waals surface area contributed by atoms with Crippen molar-refractivity contribution in [3.63, 3.8) is 0 Å². The zero-order valence-corrected chi connectivity index (χ0v) is 19.4. The van der Waals surface area contributed by atoms with Gasteiger partial charge in [0.2, 0.25) is 6.79 Å². The molecular formula is C24H19ClN2O5S. The quantitative estimate of drug-likeness (QED) is 0.534. The van der Waals surface area contributed by atoms with E-state index in [1.54, 1.807) is 38.1 Å². The molecule has 0 amide bonds. The standard InChI is InChI=1S/C24H19ClN2O5S/c1-3-30-23(29)20-13(2)26-24-27(21(20)15-8-9-17-18(10-15)32-12-31-17)22(28)19(33-24)11-14-6-4-5-7-16(14)25/h4-11,21H,3,12H2,1-2H3/t21-/m1/s1. The molecule has 1 aromatic heterocycles. The second-order valence-electron chi connectivity index (χ2n) is 7.44. The molecule has 0 radical (unpaired) electrons. The maximum absolute atomic E-state index is 13.6. The second kappa shape index (κ2) is 8.53. The molecule has 2 aliphatic rings. The molecule has 0 saturated carbocycles. The molecule has 2 aromatic carbocycles. The molecule has 5 rings (SSSR count). The molecule has 0 N–H and O–H groups in total. The van der Waals surface area contributed by atoms with Gasteiger partial charge in [0.15, 0.2) is 16.3 Å². The van der Waals surface area contributed by atoms with Crippen molar-refractivity contribution in [1.82, 2.24) is 4.57 Å². The average molecular weight is 483 g/mol. The number of aromatic nitrogens is 1. The highest BCUT2D eigenvalue weighted by molar-refractivity contribution is 7.07. The minimum Gasteiger partial charge on any atom is -0.463 e. The van der Waals surface area contributed by atoms with Crippen LogP contribution in [0.15, 0.2) is 63.5 Å². The summed E-state index contributed by atoms with van der Waals surface area (Å²) < 4.78 is 18.3. The van der Waals surface area contributed by atoms with E-state index in [-0.39, 0.29) is 19.0 Å². The summed E-state index contributed by atoms with van der Waals surface area (Å²) in [5.41, 5.74) is 1.97. The summed E-state index contributed by atoms with van der Waals surface area (Å²) in [5, 5.41) is 0.541. The van der Waals surface area contributed by atoms with E-state index >= 15 is 0 Å². The fourth-order valence-corrected chi connectivity index (χ4v) is 5.15. The van der Waals surface area contributed by atoms with Crippen molar-refractivity contribution in [2.45, 2.75) is 19.9 Å². The number of hydrogen-bond donors (Lipinski definition) is 0. The first kappa shape index (κ1) is 21.5. The average Bonchev–Trinajstić information content (AvgIpc) is 3.38. The van der Waals surface area contributed by atoms with Gasteiger partial charge in [-0.15, -0.1) is 0 Å². The summed E-state index contributed by atoms with van der Waals surface area (Å²) in [4.78, 5) is 31.6. The molecule has 9 heteroatoms. The Morgan fingerprint density at radius 1 is 1.27 bits per heavy atom. The van der Waals surface area contributed by atoms with Crippen LogP contribution in [0.1, 0.15) is 31.0 Å². The highest BCUT2D eigenvalue weighted by atomic mass is 35.5. The minimum absolute atomic E-state index is 0.124. The van der Waals surface area contributed by atoms with Gasteiger partial charge in [-0.2, -0.15) is 0 Å². The van der Waals surface area contributed by atoms with Crippen LogP contribution in [-0.4, -0.2) is 23.9 Å². The summed E-state index contributed by atoms with van der Waals surface area (Å²) in [6.07, 6.45) is 1.74. The second-order valence-corrected chi connectivity index (χ2v) is 8.85. The van der Waals surface area contributed by atoms with Gasteiger partial charge < -0.3 is 14.2 Å². The Morgan fingerprint density at radius 2 is 2.06 bits per heavy atom. The number of carbonyl (C=O) groups is 1. The van der Waals surface area contributed by atoms with Gasteiger partial charge in [0.25, 0.3) is 5.56 Å². The molecule has 2 aliphatic heterocycles. The molecular weight excluding hydrogens is 464 g/mol. The van der Waals surface area contributed by atoms with E-state index in [0.717, 1.165) is 5.56 Å². The van der Waals surface area contributed by atoms with E-state index in [4.69, 9.17) is 25.8 Å². The van der Waals surface area contributed by atoms with Gasteiger partial charge in [-0.1, -0.05) is 47.2 Å². The Labute approximate surface area is 197 Å². The third-order valence-corrected chi connectivity index (χ3v) is 6.75. The van der Waals surface area contributed by atoms with Crippen molar-refractivity contribution in [3.05, 3.63) is 89.6 Å². The molecule has 168 valence electrons. The van der Waals surface area contributed by atoms with Crippen LogP contribution in [-0.2, 0) is 9.53 Å². The number of benzene rings is 2. The number of allylic oxidation sites excluding steroid dienone is 1. The molecule has 0 bridgehead atoms. The first-order chi connectivity index (χ1) is 16.0. The zero-order chi connectivity index (χ0) is 23.1. The lowest BCUT2D eigenvalue weighted by molar-refractivity contribution is -0.139. The van der Waals surface area contributed by atoms with E-state index < -0.39 is 12.0 Å². The van der Waals surface area contributed by atoms with E-state index in [0.29, 0.717) is 42.7 Å². The number of thiazole rings is 1. The number of fused-ring (bicyclic) bond motifs is 2. The number of ether oxygens (including phenoxy) is 3. The third kappa shape index (κ3) is 3.75. The summed E-state index contributed by atoms with van der Waals surface area (Å²) in [7, 11) is 0. The Balaban J connectivity index is 1.74. The van der Waals surface area contributed by atoms with Gasteiger partial charge in [-0.3, -0.25) is 9.36 Å². The highest BCUT2D eigenvalue weighted by Crippen LogP contribution is 2.38. The Kier molecular flexibility index (Phi) is 5.55. The Bertz CT molecular complexity index is 1490. The van der Waals surface area contributed by atoms with Crippen molar-refractivity contribution in [2.75, 3.05) is 13.4 Å². The summed E-state index contributed by atoms with van der Waals surface area (Å²) in [5.74, 6) is 0.661. The molecule has 0 spiro atoms.